The third kappa shape index (κ3) is 1.35. The molecule has 1 atom stereocenters. The van der Waals surface area contributed by atoms with Crippen LogP contribution in [0.4, 0.5) is 0 Å². The van der Waals surface area contributed by atoms with Gasteiger partial charge in [-0.15, -0.1) is 5.06 Å². The van der Waals surface area contributed by atoms with E-state index < -0.39 is 17.8 Å². The fourth-order valence-electron chi connectivity index (χ4n) is 2.30. The molecule has 2 fully saturated rings. The van der Waals surface area contributed by atoms with Gasteiger partial charge >= 0.3 is 5.97 Å². The number of allylic oxidation sites excluding steroid dienone is 2. The number of rotatable bonds is 3. The van der Waals surface area contributed by atoms with E-state index in [1.54, 1.807) is 0 Å². The van der Waals surface area contributed by atoms with Crippen molar-refractivity contribution in [2.45, 2.75) is 26.2 Å². The molecule has 2 aliphatic carbocycles. The van der Waals surface area contributed by atoms with Gasteiger partial charge in [0, 0.05) is 12.8 Å². The number of carbonyl (C=O) groups is 3. The van der Waals surface area contributed by atoms with Crippen LogP contribution in [-0.4, -0.2) is 22.8 Å². The SMILES string of the molecule is CCC1=C2C(=C1)C2C(=O)ON1C(=O)CCC1=O. The van der Waals surface area contributed by atoms with Gasteiger partial charge in [0.15, 0.2) is 0 Å². The maximum atomic E-state index is 11.7. The van der Waals surface area contributed by atoms with E-state index in [1.165, 1.54) is 5.57 Å². The first-order chi connectivity index (χ1) is 8.13. The largest absolute Gasteiger partial charge is 0.345 e. The zero-order valence-corrected chi connectivity index (χ0v) is 9.36. The second kappa shape index (κ2) is 3.29. The lowest BCUT2D eigenvalue weighted by Crippen LogP contribution is -2.32. The molecule has 0 aromatic carbocycles. The molecule has 5 heteroatoms. The molecule has 0 N–H and O–H groups in total. The molecule has 0 radical (unpaired) electrons. The van der Waals surface area contributed by atoms with Crippen LogP contribution in [0.15, 0.2) is 22.8 Å². The third-order valence-electron chi connectivity index (χ3n) is 3.31. The zero-order valence-electron chi connectivity index (χ0n) is 9.36. The number of fused-ring (bicyclic) bond motifs is 1. The predicted octanol–water partition coefficient (Wildman–Crippen LogP) is 0.870. The van der Waals surface area contributed by atoms with Gasteiger partial charge in [-0.05, 0) is 23.1 Å². The topological polar surface area (TPSA) is 63.7 Å². The molecule has 3 rings (SSSR count). The molecule has 2 amide bonds. The quantitative estimate of drug-likeness (QED) is 0.678. The van der Waals surface area contributed by atoms with Crippen molar-refractivity contribution in [2.24, 2.45) is 5.92 Å². The van der Waals surface area contributed by atoms with Gasteiger partial charge in [0.05, 0.1) is 0 Å². The van der Waals surface area contributed by atoms with Crippen molar-refractivity contribution >= 4 is 17.8 Å². The fraction of sp³-hybridized carbons (Fsp3) is 0.417. The standard InChI is InChI=1S/C12H11NO4/c1-2-6-5-7-10(6)11(7)12(16)17-13-8(14)3-4-9(13)15/h5,11H,2-4H2,1H3. The normalized spacial score (nSPS) is 25.6. The Hall–Kier alpha value is -1.91. The summed E-state index contributed by atoms with van der Waals surface area (Å²) in [6.45, 7) is 2.02. The summed E-state index contributed by atoms with van der Waals surface area (Å²) in [6.07, 6.45) is 3.11. The lowest BCUT2D eigenvalue weighted by atomic mass is 10.1. The van der Waals surface area contributed by atoms with Crippen LogP contribution in [0.1, 0.15) is 26.2 Å². The highest BCUT2D eigenvalue weighted by Gasteiger charge is 2.52. The molecule has 0 bridgehead atoms. The summed E-state index contributed by atoms with van der Waals surface area (Å²) in [5.41, 5.74) is 3.20. The summed E-state index contributed by atoms with van der Waals surface area (Å²) in [4.78, 5) is 39.1. The Morgan fingerprint density at radius 2 is 2.06 bits per heavy atom. The Morgan fingerprint density at radius 1 is 1.41 bits per heavy atom. The molecular weight excluding hydrogens is 222 g/mol. The Bertz CT molecular complexity index is 499. The minimum absolute atomic E-state index is 0.127. The van der Waals surface area contributed by atoms with E-state index >= 15 is 0 Å². The number of hydrogen-bond donors (Lipinski definition) is 0. The van der Waals surface area contributed by atoms with Gasteiger partial charge in [-0.1, -0.05) is 13.0 Å². The molecule has 17 heavy (non-hydrogen) atoms. The molecule has 1 saturated heterocycles. The molecule has 1 saturated carbocycles. The minimum Gasteiger partial charge on any atom is -0.329 e. The first kappa shape index (κ1) is 10.3. The Labute approximate surface area is 97.7 Å². The maximum Gasteiger partial charge on any atom is 0.345 e. The second-order valence-electron chi connectivity index (χ2n) is 4.32. The molecule has 0 aromatic rings. The molecule has 0 spiro atoms. The van der Waals surface area contributed by atoms with E-state index in [0.29, 0.717) is 5.06 Å². The summed E-state index contributed by atoms with van der Waals surface area (Å²) in [5, 5.41) is 0.604. The number of hydroxylamine groups is 2. The first-order valence-electron chi connectivity index (χ1n) is 5.66. The average molecular weight is 233 g/mol. The highest BCUT2D eigenvalue weighted by Crippen LogP contribution is 2.56. The number of amides is 2. The van der Waals surface area contributed by atoms with Crippen molar-refractivity contribution in [1.29, 1.82) is 0 Å². The molecule has 1 heterocycles. The Kier molecular flexibility index (Phi) is 1.98. The van der Waals surface area contributed by atoms with E-state index in [4.69, 9.17) is 4.84 Å². The van der Waals surface area contributed by atoms with Crippen molar-refractivity contribution in [3.63, 3.8) is 0 Å². The molecule has 1 unspecified atom stereocenters. The van der Waals surface area contributed by atoms with Crippen LogP contribution in [0.5, 0.6) is 0 Å². The first-order valence-corrected chi connectivity index (χ1v) is 5.66. The van der Waals surface area contributed by atoms with Gasteiger partial charge in [0.1, 0.15) is 5.92 Å². The highest BCUT2D eigenvalue weighted by molar-refractivity contribution is 6.03. The molecule has 88 valence electrons. The van der Waals surface area contributed by atoms with E-state index in [-0.39, 0.29) is 18.8 Å². The van der Waals surface area contributed by atoms with Crippen LogP contribution in [0.2, 0.25) is 0 Å². The summed E-state index contributed by atoms with van der Waals surface area (Å²) < 4.78 is 0. The van der Waals surface area contributed by atoms with Gasteiger partial charge in [-0.25, -0.2) is 4.79 Å². The Balaban J connectivity index is 1.67. The molecule has 0 aromatic heterocycles. The van der Waals surface area contributed by atoms with Crippen molar-refractivity contribution in [1.82, 2.24) is 5.06 Å². The second-order valence-corrected chi connectivity index (χ2v) is 4.32. The zero-order chi connectivity index (χ0) is 12.2. The molecule has 5 nitrogen and oxygen atoms in total. The van der Waals surface area contributed by atoms with Crippen LogP contribution in [0, 0.1) is 5.92 Å². The summed E-state index contributed by atoms with van der Waals surface area (Å²) >= 11 is 0. The van der Waals surface area contributed by atoms with Crippen molar-refractivity contribution < 1.29 is 19.2 Å². The van der Waals surface area contributed by atoms with Gasteiger partial charge in [-0.3, -0.25) is 9.59 Å². The fourth-order valence-corrected chi connectivity index (χ4v) is 2.30. The molecular formula is C12H11NO4. The van der Waals surface area contributed by atoms with Crippen LogP contribution >= 0.6 is 0 Å². The third-order valence-corrected chi connectivity index (χ3v) is 3.31. The summed E-state index contributed by atoms with van der Waals surface area (Å²) in [6, 6.07) is 0. The Morgan fingerprint density at radius 3 is 2.59 bits per heavy atom. The van der Waals surface area contributed by atoms with Crippen LogP contribution in [0.3, 0.4) is 0 Å². The number of hydrogen-bond acceptors (Lipinski definition) is 4. The van der Waals surface area contributed by atoms with E-state index in [0.717, 1.165) is 17.6 Å². The highest BCUT2D eigenvalue weighted by atomic mass is 16.7. The van der Waals surface area contributed by atoms with E-state index in [1.807, 2.05) is 13.0 Å². The monoisotopic (exact) mass is 233 g/mol. The van der Waals surface area contributed by atoms with Crippen LogP contribution < -0.4 is 0 Å². The average Bonchev–Trinajstić information content (AvgIpc) is 2.75. The number of nitrogens with zero attached hydrogens (tertiary/aromatic N) is 1. The van der Waals surface area contributed by atoms with Crippen molar-refractivity contribution in [2.75, 3.05) is 0 Å². The van der Waals surface area contributed by atoms with Gasteiger partial charge in [0.25, 0.3) is 11.8 Å². The van der Waals surface area contributed by atoms with Crippen LogP contribution in [0.25, 0.3) is 0 Å². The van der Waals surface area contributed by atoms with E-state index in [9.17, 15) is 14.4 Å². The van der Waals surface area contributed by atoms with Gasteiger partial charge in [-0.2, -0.15) is 0 Å². The predicted molar refractivity (Wildman–Crippen MR) is 56.1 cm³/mol. The minimum atomic E-state index is -0.515. The van der Waals surface area contributed by atoms with Gasteiger partial charge < -0.3 is 4.84 Å². The van der Waals surface area contributed by atoms with Crippen molar-refractivity contribution in [3.05, 3.63) is 22.8 Å². The lowest BCUT2D eigenvalue weighted by Gasteiger charge is -2.11. The lowest BCUT2D eigenvalue weighted by molar-refractivity contribution is -0.197. The van der Waals surface area contributed by atoms with Gasteiger partial charge in [0.2, 0.25) is 0 Å². The smallest absolute Gasteiger partial charge is 0.329 e. The summed E-state index contributed by atoms with van der Waals surface area (Å²) in [7, 11) is 0. The summed E-state index contributed by atoms with van der Waals surface area (Å²) in [5.74, 6) is -1.71. The number of imide groups is 1. The van der Waals surface area contributed by atoms with Crippen molar-refractivity contribution in [3.8, 4) is 0 Å². The number of carbonyl (C=O) groups excluding carboxylic acids is 3. The molecule has 1 aliphatic heterocycles. The maximum absolute atomic E-state index is 11.7. The molecule has 3 aliphatic rings. The van der Waals surface area contributed by atoms with Crippen LogP contribution in [-0.2, 0) is 19.2 Å². The van der Waals surface area contributed by atoms with E-state index in [2.05, 4.69) is 0 Å².